The van der Waals surface area contributed by atoms with Crippen LogP contribution in [-0.4, -0.2) is 46.6 Å². The molecule has 0 radical (unpaired) electrons. The molecule has 2 aromatic carbocycles. The third kappa shape index (κ3) is 4.65. The molecule has 1 fully saturated rings. The molecule has 1 aliphatic heterocycles. The fourth-order valence-corrected chi connectivity index (χ4v) is 4.49. The molecule has 1 aliphatic rings. The lowest BCUT2D eigenvalue weighted by molar-refractivity contribution is -0.124. The van der Waals surface area contributed by atoms with Crippen molar-refractivity contribution in [3.05, 3.63) is 89.6 Å². The van der Waals surface area contributed by atoms with Crippen molar-refractivity contribution in [2.75, 3.05) is 20.1 Å². The van der Waals surface area contributed by atoms with Gasteiger partial charge < -0.3 is 9.32 Å². The van der Waals surface area contributed by atoms with E-state index in [1.165, 1.54) is 6.26 Å². The summed E-state index contributed by atoms with van der Waals surface area (Å²) in [4.78, 5) is 33.6. The number of carbonyl (C=O) groups is 2. The maximum Gasteiger partial charge on any atom is 0.275 e. The number of nitrogens with zero attached hydrogens (tertiary/aromatic N) is 3. The minimum absolute atomic E-state index is 0.165. The van der Waals surface area contributed by atoms with Crippen LogP contribution in [0.4, 0.5) is 0 Å². The van der Waals surface area contributed by atoms with Crippen molar-refractivity contribution in [2.24, 2.45) is 0 Å². The van der Waals surface area contributed by atoms with Crippen molar-refractivity contribution in [3.63, 3.8) is 0 Å². The second kappa shape index (κ2) is 9.49. The van der Waals surface area contributed by atoms with E-state index in [0.29, 0.717) is 24.7 Å². The number of aromatic nitrogens is 1. The molecule has 0 N–H and O–H groups in total. The molecule has 32 heavy (non-hydrogen) atoms. The molecule has 1 aromatic heterocycles. The molecule has 6 heteroatoms. The summed E-state index contributed by atoms with van der Waals surface area (Å²) >= 11 is 0. The number of ketones is 1. The average Bonchev–Trinajstić information content (AvgIpc) is 3.28. The molecule has 1 saturated heterocycles. The molecular formula is C26H29N3O3. The Balaban J connectivity index is 1.36. The minimum Gasteiger partial charge on any atom is -0.447 e. The highest BCUT2D eigenvalue weighted by Crippen LogP contribution is 2.36. The lowest BCUT2D eigenvalue weighted by Gasteiger charge is -2.40. The second-order valence-electron chi connectivity index (χ2n) is 8.55. The van der Waals surface area contributed by atoms with Gasteiger partial charge in [-0.05, 0) is 44.0 Å². The summed E-state index contributed by atoms with van der Waals surface area (Å²) in [7, 11) is 1.76. The molecule has 1 amide bonds. The molecule has 6 nitrogen and oxygen atoms in total. The van der Waals surface area contributed by atoms with Gasteiger partial charge in [-0.3, -0.25) is 14.5 Å². The normalized spacial score (nSPS) is 15.9. The van der Waals surface area contributed by atoms with E-state index in [-0.39, 0.29) is 11.7 Å². The van der Waals surface area contributed by atoms with Crippen molar-refractivity contribution < 1.29 is 14.0 Å². The lowest BCUT2D eigenvalue weighted by Crippen LogP contribution is -2.46. The Morgan fingerprint density at radius 3 is 2.28 bits per heavy atom. The van der Waals surface area contributed by atoms with Crippen molar-refractivity contribution in [1.29, 1.82) is 0 Å². The Morgan fingerprint density at radius 1 is 1.03 bits per heavy atom. The number of hydrogen-bond acceptors (Lipinski definition) is 5. The van der Waals surface area contributed by atoms with Crippen LogP contribution in [0, 0.1) is 0 Å². The van der Waals surface area contributed by atoms with Crippen molar-refractivity contribution in [2.45, 2.75) is 38.3 Å². The van der Waals surface area contributed by atoms with Crippen LogP contribution in [0.2, 0.25) is 0 Å². The van der Waals surface area contributed by atoms with Gasteiger partial charge in [0.25, 0.3) is 5.91 Å². The predicted molar refractivity (Wildman–Crippen MR) is 122 cm³/mol. The average molecular weight is 432 g/mol. The van der Waals surface area contributed by atoms with Crippen LogP contribution in [0.3, 0.4) is 0 Å². The first-order chi connectivity index (χ1) is 15.5. The molecule has 2 heterocycles. The van der Waals surface area contributed by atoms with Crippen LogP contribution >= 0.6 is 0 Å². The second-order valence-corrected chi connectivity index (χ2v) is 8.55. The zero-order chi connectivity index (χ0) is 22.6. The highest BCUT2D eigenvalue weighted by Gasteiger charge is 2.40. The van der Waals surface area contributed by atoms with Crippen LogP contribution in [0.5, 0.6) is 0 Å². The zero-order valence-electron chi connectivity index (χ0n) is 18.7. The fraction of sp³-hybridized carbons (Fsp3) is 0.346. The third-order valence-electron chi connectivity index (χ3n) is 6.45. The lowest BCUT2D eigenvalue weighted by atomic mass is 9.70. The van der Waals surface area contributed by atoms with Gasteiger partial charge >= 0.3 is 0 Å². The third-order valence-corrected chi connectivity index (χ3v) is 6.45. The topological polar surface area (TPSA) is 66.7 Å². The van der Waals surface area contributed by atoms with Crippen molar-refractivity contribution in [3.8, 4) is 0 Å². The van der Waals surface area contributed by atoms with Gasteiger partial charge in [0.2, 0.25) is 5.89 Å². The Labute approximate surface area is 188 Å². The van der Waals surface area contributed by atoms with E-state index >= 15 is 0 Å². The van der Waals surface area contributed by atoms with Crippen molar-refractivity contribution in [1.82, 2.24) is 14.8 Å². The number of rotatable bonds is 7. The number of hydrogen-bond donors (Lipinski definition) is 0. The highest BCUT2D eigenvalue weighted by molar-refractivity contribution is 5.91. The minimum atomic E-state index is -0.421. The van der Waals surface area contributed by atoms with Gasteiger partial charge in [0.1, 0.15) is 12.0 Å². The number of likely N-dealkylation sites (tertiary alicyclic amines) is 1. The van der Waals surface area contributed by atoms with Gasteiger partial charge in [-0.25, -0.2) is 4.98 Å². The first-order valence-electron chi connectivity index (χ1n) is 11.0. The van der Waals surface area contributed by atoms with Gasteiger partial charge in [0.15, 0.2) is 5.69 Å². The van der Waals surface area contributed by atoms with Crippen molar-refractivity contribution >= 4 is 11.7 Å². The molecule has 4 rings (SSSR count). The number of benzene rings is 2. The van der Waals surface area contributed by atoms with Crippen LogP contribution in [0.25, 0.3) is 0 Å². The van der Waals surface area contributed by atoms with E-state index in [1.807, 2.05) is 48.5 Å². The van der Waals surface area contributed by atoms with E-state index in [2.05, 4.69) is 22.0 Å². The molecule has 3 aromatic rings. The summed E-state index contributed by atoms with van der Waals surface area (Å²) < 4.78 is 5.61. The zero-order valence-corrected chi connectivity index (χ0v) is 18.7. The summed E-state index contributed by atoms with van der Waals surface area (Å²) in [5, 5.41) is 0. The van der Waals surface area contributed by atoms with E-state index < -0.39 is 5.41 Å². The van der Waals surface area contributed by atoms with Gasteiger partial charge in [-0.15, -0.1) is 0 Å². The standard InChI is InChI=1S/C26H29N3O3/c1-20(30)26(22-11-7-4-8-12-22)13-15-29(16-14-26)18-24-27-23(19-32-24)25(31)28(2)17-21-9-5-3-6-10-21/h3-12,19H,13-18H2,1-2H3. The number of oxazole rings is 1. The molecule has 0 atom stereocenters. The number of piperidine rings is 1. The van der Waals surface area contributed by atoms with Crippen LogP contribution < -0.4 is 0 Å². The summed E-state index contributed by atoms with van der Waals surface area (Å²) in [5.41, 5.74) is 2.05. The van der Waals surface area contributed by atoms with E-state index in [1.54, 1.807) is 18.9 Å². The van der Waals surface area contributed by atoms with Gasteiger partial charge in [-0.2, -0.15) is 0 Å². The quantitative estimate of drug-likeness (QED) is 0.564. The summed E-state index contributed by atoms with van der Waals surface area (Å²) in [5.74, 6) is 0.576. The number of carbonyl (C=O) groups excluding carboxylic acids is 2. The number of amides is 1. The Morgan fingerprint density at radius 2 is 1.66 bits per heavy atom. The predicted octanol–water partition coefficient (Wildman–Crippen LogP) is 4.07. The smallest absolute Gasteiger partial charge is 0.275 e. The molecule has 166 valence electrons. The monoisotopic (exact) mass is 431 g/mol. The van der Waals surface area contributed by atoms with E-state index in [4.69, 9.17) is 4.42 Å². The molecule has 0 aliphatic carbocycles. The first-order valence-corrected chi connectivity index (χ1v) is 11.0. The van der Waals surface area contributed by atoms with Crippen LogP contribution in [-0.2, 0) is 23.3 Å². The molecular weight excluding hydrogens is 402 g/mol. The molecule has 0 bridgehead atoms. The van der Waals surface area contributed by atoms with Gasteiger partial charge in [-0.1, -0.05) is 60.7 Å². The Hall–Kier alpha value is -3.25. The largest absolute Gasteiger partial charge is 0.447 e. The molecule has 0 saturated carbocycles. The van der Waals surface area contributed by atoms with Gasteiger partial charge in [0.05, 0.1) is 12.0 Å². The van der Waals surface area contributed by atoms with Crippen LogP contribution in [0.15, 0.2) is 71.3 Å². The molecule has 0 spiro atoms. The number of Topliss-reactive ketones (excluding diaryl/α,β-unsaturated/α-hetero) is 1. The van der Waals surface area contributed by atoms with E-state index in [9.17, 15) is 9.59 Å². The maximum atomic E-state index is 12.7. The van der Waals surface area contributed by atoms with Gasteiger partial charge in [0, 0.05) is 13.6 Å². The Bertz CT molecular complexity index is 1050. The fourth-order valence-electron chi connectivity index (χ4n) is 4.49. The summed E-state index contributed by atoms with van der Waals surface area (Å²) in [6.45, 7) is 4.28. The summed E-state index contributed by atoms with van der Waals surface area (Å²) in [6, 6.07) is 19.9. The molecule has 0 unspecified atom stereocenters. The summed E-state index contributed by atoms with van der Waals surface area (Å²) in [6.07, 6.45) is 2.96. The van der Waals surface area contributed by atoms with Crippen LogP contribution in [0.1, 0.15) is 47.3 Å². The van der Waals surface area contributed by atoms with E-state index in [0.717, 1.165) is 37.1 Å². The first kappa shape index (κ1) is 22.0. The Kier molecular flexibility index (Phi) is 6.51. The maximum absolute atomic E-state index is 12.7. The highest BCUT2D eigenvalue weighted by atomic mass is 16.3. The SMILES string of the molecule is CC(=O)C1(c2ccccc2)CCN(Cc2nc(C(=O)N(C)Cc3ccccc3)co2)CC1.